The molecule has 5 nitrogen and oxygen atoms in total. The van der Waals surface area contributed by atoms with Crippen molar-refractivity contribution in [1.29, 1.82) is 0 Å². The summed E-state index contributed by atoms with van der Waals surface area (Å²) in [5, 5.41) is 0. The molecule has 0 amide bonds. The summed E-state index contributed by atoms with van der Waals surface area (Å²) in [4.78, 5) is 17.5. The molecular weight excluding hydrogens is 204 g/mol. The van der Waals surface area contributed by atoms with E-state index in [4.69, 9.17) is 6.42 Å². The lowest BCUT2D eigenvalue weighted by molar-refractivity contribution is 0.111. The van der Waals surface area contributed by atoms with Gasteiger partial charge in [-0.25, -0.2) is 9.97 Å². The van der Waals surface area contributed by atoms with Crippen LogP contribution in [-0.4, -0.2) is 25.4 Å². The van der Waals surface area contributed by atoms with Crippen molar-refractivity contribution in [3.63, 3.8) is 0 Å². The fourth-order valence-corrected chi connectivity index (χ4v) is 0.981. The highest BCUT2D eigenvalue weighted by molar-refractivity contribution is 5.70. The summed E-state index contributed by atoms with van der Waals surface area (Å²) in [6.45, 7) is 0. The molecule has 2 aromatic rings. The quantitative estimate of drug-likeness (QED) is 0.519. The molecular formula is C11H12N4O. The number of rotatable bonds is 1. The molecule has 0 aliphatic heterocycles. The summed E-state index contributed by atoms with van der Waals surface area (Å²) in [7, 11) is 3.70. The maximum absolute atomic E-state index is 9.94. The van der Waals surface area contributed by atoms with E-state index in [0.29, 0.717) is 11.4 Å². The first-order valence-corrected chi connectivity index (χ1v) is 4.53. The van der Waals surface area contributed by atoms with Crippen LogP contribution in [0.1, 0.15) is 16.2 Å². The van der Waals surface area contributed by atoms with E-state index < -0.39 is 0 Å². The van der Waals surface area contributed by atoms with Crippen LogP contribution in [-0.2, 0) is 14.1 Å². The SMILES string of the molecule is C#Cc1cn(C)cn1.Cn1cnc(C=O)c1. The highest BCUT2D eigenvalue weighted by Crippen LogP contribution is 1.88. The molecule has 0 aliphatic rings. The van der Waals surface area contributed by atoms with Gasteiger partial charge in [-0.2, -0.15) is 0 Å². The van der Waals surface area contributed by atoms with Gasteiger partial charge in [0.05, 0.1) is 12.7 Å². The summed E-state index contributed by atoms with van der Waals surface area (Å²) in [6, 6.07) is 0. The third kappa shape index (κ3) is 3.42. The second kappa shape index (κ2) is 5.51. The van der Waals surface area contributed by atoms with Crippen LogP contribution in [0.15, 0.2) is 25.0 Å². The number of nitrogens with zero attached hydrogens (tertiary/aromatic N) is 4. The highest BCUT2D eigenvalue weighted by Gasteiger charge is 1.88. The number of aryl methyl sites for hydroxylation is 2. The van der Waals surface area contributed by atoms with Gasteiger partial charge in [-0.3, -0.25) is 4.79 Å². The van der Waals surface area contributed by atoms with Crippen LogP contribution < -0.4 is 0 Å². The van der Waals surface area contributed by atoms with Crippen LogP contribution >= 0.6 is 0 Å². The van der Waals surface area contributed by atoms with E-state index in [2.05, 4.69) is 15.9 Å². The fourth-order valence-electron chi connectivity index (χ4n) is 0.981. The van der Waals surface area contributed by atoms with Crippen molar-refractivity contribution >= 4 is 6.29 Å². The average Bonchev–Trinajstić information content (AvgIpc) is 2.88. The van der Waals surface area contributed by atoms with E-state index in [1.165, 1.54) is 0 Å². The van der Waals surface area contributed by atoms with Gasteiger partial charge in [0.2, 0.25) is 0 Å². The van der Waals surface area contributed by atoms with Gasteiger partial charge in [0, 0.05) is 26.5 Å². The number of hydrogen-bond acceptors (Lipinski definition) is 3. The lowest BCUT2D eigenvalue weighted by Crippen LogP contribution is -1.78. The predicted molar refractivity (Wildman–Crippen MR) is 59.7 cm³/mol. The first kappa shape index (κ1) is 11.7. The normalized spacial score (nSPS) is 8.81. The maximum Gasteiger partial charge on any atom is 0.169 e. The zero-order valence-corrected chi connectivity index (χ0v) is 9.16. The largest absolute Gasteiger partial charge is 0.340 e. The van der Waals surface area contributed by atoms with Crippen molar-refractivity contribution in [3.05, 3.63) is 36.4 Å². The van der Waals surface area contributed by atoms with Crippen LogP contribution in [0, 0.1) is 12.3 Å². The molecule has 0 spiro atoms. The summed E-state index contributed by atoms with van der Waals surface area (Å²) >= 11 is 0. The van der Waals surface area contributed by atoms with Crippen molar-refractivity contribution in [3.8, 4) is 12.3 Å². The van der Waals surface area contributed by atoms with Gasteiger partial charge in [0.15, 0.2) is 6.29 Å². The monoisotopic (exact) mass is 216 g/mol. The molecule has 2 heterocycles. The summed E-state index contributed by atoms with van der Waals surface area (Å²) in [6.07, 6.45) is 12.5. The van der Waals surface area contributed by atoms with Crippen LogP contribution in [0.5, 0.6) is 0 Å². The van der Waals surface area contributed by atoms with Gasteiger partial charge in [-0.1, -0.05) is 0 Å². The van der Waals surface area contributed by atoms with E-state index >= 15 is 0 Å². The molecule has 2 rings (SSSR count). The molecule has 0 atom stereocenters. The number of imidazole rings is 2. The van der Waals surface area contributed by atoms with E-state index in [-0.39, 0.29) is 0 Å². The zero-order chi connectivity index (χ0) is 12.0. The Labute approximate surface area is 93.8 Å². The average molecular weight is 216 g/mol. The molecule has 0 radical (unpaired) electrons. The number of aldehydes is 1. The first-order chi connectivity index (χ1) is 7.65. The third-order valence-electron chi connectivity index (χ3n) is 1.70. The van der Waals surface area contributed by atoms with Crippen LogP contribution in [0.25, 0.3) is 0 Å². The number of terminal acetylenes is 1. The molecule has 0 bridgehead atoms. The lowest BCUT2D eigenvalue weighted by atomic mass is 10.5. The van der Waals surface area contributed by atoms with Gasteiger partial charge < -0.3 is 9.13 Å². The number of hydrogen-bond donors (Lipinski definition) is 0. The summed E-state index contributed by atoms with van der Waals surface area (Å²) < 4.78 is 3.54. The zero-order valence-electron chi connectivity index (χ0n) is 9.16. The molecule has 2 aromatic heterocycles. The van der Waals surface area contributed by atoms with Gasteiger partial charge >= 0.3 is 0 Å². The summed E-state index contributed by atoms with van der Waals surface area (Å²) in [5.74, 6) is 2.42. The second-order valence-electron chi connectivity index (χ2n) is 3.15. The Morgan fingerprint density at radius 3 is 2.12 bits per heavy atom. The molecule has 0 saturated carbocycles. The van der Waals surface area contributed by atoms with Crippen molar-refractivity contribution in [1.82, 2.24) is 19.1 Å². The molecule has 0 aromatic carbocycles. The Hall–Kier alpha value is -2.35. The molecule has 0 unspecified atom stereocenters. The maximum atomic E-state index is 9.94. The molecule has 16 heavy (non-hydrogen) atoms. The van der Waals surface area contributed by atoms with Gasteiger partial charge in [-0.15, -0.1) is 6.42 Å². The molecule has 82 valence electrons. The minimum atomic E-state index is 0.479. The molecule has 5 heteroatoms. The van der Waals surface area contributed by atoms with Gasteiger partial charge in [-0.05, 0) is 5.92 Å². The van der Waals surface area contributed by atoms with E-state index in [1.54, 1.807) is 29.6 Å². The minimum absolute atomic E-state index is 0.479. The Balaban J connectivity index is 0.000000160. The number of carbonyl (C=O) groups is 1. The van der Waals surface area contributed by atoms with Crippen LogP contribution in [0.3, 0.4) is 0 Å². The Morgan fingerprint density at radius 2 is 1.88 bits per heavy atom. The molecule has 0 saturated heterocycles. The predicted octanol–water partition coefficient (Wildman–Crippen LogP) is 0.634. The Kier molecular flexibility index (Phi) is 4.04. The summed E-state index contributed by atoms with van der Waals surface area (Å²) in [5.41, 5.74) is 1.17. The number of carbonyl (C=O) groups excluding carboxylic acids is 1. The van der Waals surface area contributed by atoms with Gasteiger partial charge in [0.1, 0.15) is 11.4 Å². The highest BCUT2D eigenvalue weighted by atomic mass is 16.1. The van der Waals surface area contributed by atoms with E-state index in [1.807, 2.05) is 18.7 Å². The van der Waals surface area contributed by atoms with Crippen LogP contribution in [0.2, 0.25) is 0 Å². The van der Waals surface area contributed by atoms with Crippen molar-refractivity contribution in [2.75, 3.05) is 0 Å². The Bertz CT molecular complexity index is 504. The van der Waals surface area contributed by atoms with Crippen LogP contribution in [0.4, 0.5) is 0 Å². The first-order valence-electron chi connectivity index (χ1n) is 4.53. The van der Waals surface area contributed by atoms with Crippen molar-refractivity contribution in [2.24, 2.45) is 14.1 Å². The van der Waals surface area contributed by atoms with E-state index in [9.17, 15) is 4.79 Å². The standard InChI is InChI=1S/C6H6N2.C5H6N2O/c1-3-6-4-8(2)5-7-6;1-7-2-5(3-8)6-4-7/h1,4-5H,2H3;2-4H,1H3. The topological polar surface area (TPSA) is 52.7 Å². The smallest absolute Gasteiger partial charge is 0.169 e. The van der Waals surface area contributed by atoms with Crippen molar-refractivity contribution < 1.29 is 4.79 Å². The number of aromatic nitrogens is 4. The van der Waals surface area contributed by atoms with E-state index in [0.717, 1.165) is 6.29 Å². The fraction of sp³-hybridized carbons (Fsp3) is 0.182. The Morgan fingerprint density at radius 1 is 1.25 bits per heavy atom. The van der Waals surface area contributed by atoms with Gasteiger partial charge in [0.25, 0.3) is 0 Å². The lowest BCUT2D eigenvalue weighted by Gasteiger charge is -1.77. The van der Waals surface area contributed by atoms with Crippen molar-refractivity contribution in [2.45, 2.75) is 0 Å². The second-order valence-corrected chi connectivity index (χ2v) is 3.15. The minimum Gasteiger partial charge on any atom is -0.340 e. The molecule has 0 N–H and O–H groups in total. The molecule has 0 aliphatic carbocycles. The third-order valence-corrected chi connectivity index (χ3v) is 1.70. The molecule has 0 fully saturated rings.